The number of rotatable bonds is 2. The first-order valence-corrected chi connectivity index (χ1v) is 5.59. The summed E-state index contributed by atoms with van der Waals surface area (Å²) in [5, 5.41) is 19.2. The Hall–Kier alpha value is -1.29. The Morgan fingerprint density at radius 3 is 2.41 bits per heavy atom. The molecule has 0 aliphatic carbocycles. The third-order valence-electron chi connectivity index (χ3n) is 2.29. The van der Waals surface area contributed by atoms with Crippen molar-refractivity contribution in [3.63, 3.8) is 0 Å². The zero-order valence-electron chi connectivity index (χ0n) is 8.64. The fourth-order valence-electron chi connectivity index (χ4n) is 1.46. The molecular formula is C12H9Cl2NO2. The summed E-state index contributed by atoms with van der Waals surface area (Å²) in [6.45, 7) is 0. The number of aliphatic hydroxyl groups is 1. The summed E-state index contributed by atoms with van der Waals surface area (Å²) in [4.78, 5) is 4.11. The molecule has 0 saturated carbocycles. The number of hydrogen-bond acceptors (Lipinski definition) is 3. The molecule has 1 heterocycles. The van der Waals surface area contributed by atoms with E-state index in [1.54, 1.807) is 24.4 Å². The van der Waals surface area contributed by atoms with E-state index in [0.717, 1.165) is 0 Å². The van der Waals surface area contributed by atoms with Gasteiger partial charge in [0.05, 0.1) is 5.69 Å². The minimum absolute atomic E-state index is 0.0408. The highest BCUT2D eigenvalue weighted by Crippen LogP contribution is 2.36. The highest BCUT2D eigenvalue weighted by molar-refractivity contribution is 6.46. The summed E-state index contributed by atoms with van der Waals surface area (Å²) in [6, 6.07) is 9.80. The van der Waals surface area contributed by atoms with Crippen LogP contribution in [-0.2, 0) is 4.52 Å². The van der Waals surface area contributed by atoms with Crippen molar-refractivity contribution in [1.29, 1.82) is 0 Å². The highest BCUT2D eigenvalue weighted by Gasteiger charge is 2.23. The maximum Gasteiger partial charge on any atom is 0.241 e. The van der Waals surface area contributed by atoms with Crippen LogP contribution in [0.5, 0.6) is 5.75 Å². The van der Waals surface area contributed by atoms with Gasteiger partial charge in [-0.15, -0.1) is 0 Å². The van der Waals surface area contributed by atoms with Crippen molar-refractivity contribution < 1.29 is 10.2 Å². The molecule has 2 N–H and O–H groups in total. The molecule has 0 aliphatic rings. The van der Waals surface area contributed by atoms with E-state index in [1.807, 2.05) is 6.07 Å². The van der Waals surface area contributed by atoms with E-state index in [-0.39, 0.29) is 11.3 Å². The van der Waals surface area contributed by atoms with Gasteiger partial charge in [-0.25, -0.2) is 0 Å². The van der Waals surface area contributed by atoms with Crippen LogP contribution < -0.4 is 0 Å². The second kappa shape index (κ2) is 4.53. The number of benzene rings is 1. The molecule has 0 atom stereocenters. The first-order chi connectivity index (χ1) is 7.98. The fraction of sp³-hybridized carbons (Fsp3) is 0.0833. The van der Waals surface area contributed by atoms with Gasteiger partial charge in [-0.3, -0.25) is 4.98 Å². The molecule has 0 saturated heterocycles. The van der Waals surface area contributed by atoms with Crippen LogP contribution in [0.4, 0.5) is 0 Å². The number of phenolic OH excluding ortho intramolecular Hbond substituents is 1. The normalized spacial score (nSPS) is 11.5. The predicted molar refractivity (Wildman–Crippen MR) is 66.9 cm³/mol. The van der Waals surface area contributed by atoms with E-state index < -0.39 is 4.52 Å². The molecule has 0 spiro atoms. The Morgan fingerprint density at radius 1 is 1.12 bits per heavy atom. The number of alkyl halides is 2. The molecule has 0 aliphatic heterocycles. The lowest BCUT2D eigenvalue weighted by molar-refractivity contribution is 0.218. The van der Waals surface area contributed by atoms with E-state index in [1.165, 1.54) is 12.1 Å². The molecule has 0 amide bonds. The Balaban J connectivity index is 2.46. The molecule has 0 fully saturated rings. The van der Waals surface area contributed by atoms with Crippen LogP contribution >= 0.6 is 23.2 Å². The van der Waals surface area contributed by atoms with E-state index >= 15 is 0 Å². The van der Waals surface area contributed by atoms with E-state index in [0.29, 0.717) is 11.3 Å². The molecular weight excluding hydrogens is 261 g/mol. The van der Waals surface area contributed by atoms with Gasteiger partial charge in [0.15, 0.2) is 0 Å². The number of halogens is 2. The van der Waals surface area contributed by atoms with Gasteiger partial charge in [-0.05, 0) is 24.3 Å². The summed E-state index contributed by atoms with van der Waals surface area (Å²) in [6.07, 6.45) is 1.63. The van der Waals surface area contributed by atoms with Crippen LogP contribution in [0.15, 0.2) is 42.6 Å². The van der Waals surface area contributed by atoms with Gasteiger partial charge in [-0.2, -0.15) is 0 Å². The molecule has 0 unspecified atom stereocenters. The van der Waals surface area contributed by atoms with Crippen LogP contribution in [0, 0.1) is 0 Å². The average Bonchev–Trinajstić information content (AvgIpc) is 2.29. The molecule has 1 aromatic heterocycles. The molecule has 2 aromatic rings. The predicted octanol–water partition coefficient (Wildman–Crippen LogP) is 3.03. The molecule has 17 heavy (non-hydrogen) atoms. The third kappa shape index (κ3) is 2.69. The van der Waals surface area contributed by atoms with E-state index in [4.69, 9.17) is 23.2 Å². The standard InChI is InChI=1S/C12H9Cl2NO2/c13-12(14,17)8-4-5-9(11(16)7-8)10-3-1-2-6-15-10/h1-7,16-17H. The average molecular weight is 270 g/mol. The lowest BCUT2D eigenvalue weighted by Gasteiger charge is -2.13. The van der Waals surface area contributed by atoms with Gasteiger partial charge in [0.2, 0.25) is 4.52 Å². The number of aromatic hydroxyl groups is 1. The summed E-state index contributed by atoms with van der Waals surface area (Å²) in [5.74, 6) is -0.0408. The van der Waals surface area contributed by atoms with Crippen molar-refractivity contribution >= 4 is 23.2 Å². The summed E-state index contributed by atoms with van der Waals surface area (Å²) in [7, 11) is 0. The number of nitrogens with zero attached hydrogens (tertiary/aromatic N) is 1. The molecule has 0 bridgehead atoms. The number of pyridine rings is 1. The SMILES string of the molecule is Oc1cc(C(O)(Cl)Cl)ccc1-c1ccccn1. The van der Waals surface area contributed by atoms with Crippen LogP contribution in [0.25, 0.3) is 11.3 Å². The lowest BCUT2D eigenvalue weighted by atomic mass is 10.1. The van der Waals surface area contributed by atoms with E-state index in [2.05, 4.69) is 4.98 Å². The van der Waals surface area contributed by atoms with Crippen molar-refractivity contribution in [2.45, 2.75) is 4.52 Å². The highest BCUT2D eigenvalue weighted by atomic mass is 35.5. The van der Waals surface area contributed by atoms with Gasteiger partial charge in [0.25, 0.3) is 0 Å². The van der Waals surface area contributed by atoms with Crippen molar-refractivity contribution in [1.82, 2.24) is 4.98 Å². The van der Waals surface area contributed by atoms with Gasteiger partial charge < -0.3 is 10.2 Å². The Morgan fingerprint density at radius 2 is 1.88 bits per heavy atom. The topological polar surface area (TPSA) is 53.4 Å². The Kier molecular flexibility index (Phi) is 3.24. The van der Waals surface area contributed by atoms with E-state index in [9.17, 15) is 10.2 Å². The quantitative estimate of drug-likeness (QED) is 0.825. The Bertz CT molecular complexity index is 524. The molecule has 5 heteroatoms. The first kappa shape index (κ1) is 12.2. The third-order valence-corrected chi connectivity index (χ3v) is 2.72. The molecule has 2 rings (SSSR count). The second-order valence-electron chi connectivity index (χ2n) is 3.49. The molecule has 0 radical (unpaired) electrons. The van der Waals surface area contributed by atoms with Crippen molar-refractivity contribution in [3.05, 3.63) is 48.2 Å². The maximum atomic E-state index is 9.84. The zero-order valence-corrected chi connectivity index (χ0v) is 10.2. The van der Waals surface area contributed by atoms with Gasteiger partial charge in [-0.1, -0.05) is 35.3 Å². The monoisotopic (exact) mass is 269 g/mol. The fourth-order valence-corrected chi connectivity index (χ4v) is 1.69. The lowest BCUT2D eigenvalue weighted by Crippen LogP contribution is -2.07. The molecule has 88 valence electrons. The zero-order chi connectivity index (χ0) is 12.5. The van der Waals surface area contributed by atoms with Crippen molar-refractivity contribution in [2.24, 2.45) is 0 Å². The van der Waals surface area contributed by atoms with Crippen molar-refractivity contribution in [2.75, 3.05) is 0 Å². The smallest absolute Gasteiger partial charge is 0.241 e. The number of hydrogen-bond donors (Lipinski definition) is 2. The maximum absolute atomic E-state index is 9.84. The van der Waals surface area contributed by atoms with Crippen molar-refractivity contribution in [3.8, 4) is 17.0 Å². The van der Waals surface area contributed by atoms with Crippen LogP contribution in [0.3, 0.4) is 0 Å². The Labute approximate surface area is 108 Å². The first-order valence-electron chi connectivity index (χ1n) is 4.83. The molecule has 3 nitrogen and oxygen atoms in total. The summed E-state index contributed by atoms with van der Waals surface area (Å²) in [5.41, 5.74) is 1.38. The number of phenols is 1. The molecule has 1 aromatic carbocycles. The van der Waals surface area contributed by atoms with Gasteiger partial charge in [0, 0.05) is 17.3 Å². The van der Waals surface area contributed by atoms with Crippen LogP contribution in [0.2, 0.25) is 0 Å². The summed E-state index contributed by atoms with van der Waals surface area (Å²) >= 11 is 11.0. The van der Waals surface area contributed by atoms with Crippen LogP contribution in [-0.4, -0.2) is 15.2 Å². The minimum atomic E-state index is -2.01. The number of aromatic nitrogens is 1. The minimum Gasteiger partial charge on any atom is -0.507 e. The summed E-state index contributed by atoms with van der Waals surface area (Å²) < 4.78 is -2.01. The van der Waals surface area contributed by atoms with Gasteiger partial charge in [0.1, 0.15) is 5.75 Å². The second-order valence-corrected chi connectivity index (χ2v) is 4.78. The largest absolute Gasteiger partial charge is 0.507 e. The van der Waals surface area contributed by atoms with Crippen LogP contribution in [0.1, 0.15) is 5.56 Å². The van der Waals surface area contributed by atoms with Gasteiger partial charge >= 0.3 is 0 Å².